The number of carbonyl (C=O) groups excluding carboxylic acids is 1. The highest BCUT2D eigenvalue weighted by Crippen LogP contribution is 2.04. The van der Waals surface area contributed by atoms with Crippen LogP contribution in [0.25, 0.3) is 0 Å². The highest BCUT2D eigenvalue weighted by Gasteiger charge is 2.22. The van der Waals surface area contributed by atoms with E-state index in [0.29, 0.717) is 0 Å². The first kappa shape index (κ1) is 12.7. The number of aromatic amines is 1. The van der Waals surface area contributed by atoms with Crippen molar-refractivity contribution in [1.29, 1.82) is 0 Å². The molecule has 0 unspecified atom stereocenters. The molecule has 3 N–H and O–H groups in total. The third-order valence-corrected chi connectivity index (χ3v) is 2.43. The van der Waals surface area contributed by atoms with Crippen LogP contribution in [-0.2, 0) is 11.2 Å². The van der Waals surface area contributed by atoms with Crippen molar-refractivity contribution in [2.75, 3.05) is 0 Å². The van der Waals surface area contributed by atoms with Gasteiger partial charge in [-0.25, -0.2) is 4.79 Å². The van der Waals surface area contributed by atoms with Crippen LogP contribution in [0.5, 0.6) is 0 Å². The average molecular weight is 261 g/mol. The summed E-state index contributed by atoms with van der Waals surface area (Å²) in [5.74, 6) is -2.00. The highest BCUT2D eigenvalue weighted by molar-refractivity contribution is 5.93. The molecule has 0 saturated heterocycles. The number of hydrogen-bond donors (Lipinski definition) is 3. The van der Waals surface area contributed by atoms with Crippen LogP contribution in [-0.4, -0.2) is 43.6 Å². The van der Waals surface area contributed by atoms with E-state index in [0.717, 1.165) is 5.56 Å². The van der Waals surface area contributed by atoms with Gasteiger partial charge in [-0.2, -0.15) is 5.21 Å². The van der Waals surface area contributed by atoms with Gasteiger partial charge in [0.2, 0.25) is 0 Å². The number of hydrogen-bond acceptors (Lipinski definition) is 5. The summed E-state index contributed by atoms with van der Waals surface area (Å²) in [6.07, 6.45) is 0.180. The van der Waals surface area contributed by atoms with E-state index in [1.54, 1.807) is 24.3 Å². The lowest BCUT2D eigenvalue weighted by Crippen LogP contribution is -2.42. The first-order valence-electron chi connectivity index (χ1n) is 5.48. The third kappa shape index (κ3) is 3.35. The van der Waals surface area contributed by atoms with Crippen molar-refractivity contribution in [3.05, 3.63) is 41.7 Å². The number of rotatable bonds is 5. The van der Waals surface area contributed by atoms with Gasteiger partial charge in [-0.15, -0.1) is 10.2 Å². The molecule has 1 aromatic heterocycles. The molecule has 0 saturated carbocycles. The summed E-state index contributed by atoms with van der Waals surface area (Å²) in [4.78, 5) is 22.8. The van der Waals surface area contributed by atoms with Crippen LogP contribution >= 0.6 is 0 Å². The molecule has 0 aliphatic carbocycles. The summed E-state index contributed by atoms with van der Waals surface area (Å²) < 4.78 is 0. The van der Waals surface area contributed by atoms with Gasteiger partial charge in [-0.05, 0) is 10.8 Å². The van der Waals surface area contributed by atoms with Crippen LogP contribution in [0, 0.1) is 0 Å². The van der Waals surface area contributed by atoms with E-state index in [-0.39, 0.29) is 12.2 Å². The Morgan fingerprint density at radius 2 is 2.05 bits per heavy atom. The molecule has 0 aliphatic rings. The van der Waals surface area contributed by atoms with Gasteiger partial charge in [0, 0.05) is 6.42 Å². The summed E-state index contributed by atoms with van der Waals surface area (Å²) in [6.45, 7) is 0. The quantitative estimate of drug-likeness (QED) is 0.675. The van der Waals surface area contributed by atoms with E-state index in [4.69, 9.17) is 5.11 Å². The minimum atomic E-state index is -1.12. The predicted molar refractivity (Wildman–Crippen MR) is 63.2 cm³/mol. The summed E-state index contributed by atoms with van der Waals surface area (Å²) >= 11 is 0. The van der Waals surface area contributed by atoms with Crippen molar-refractivity contribution in [3.63, 3.8) is 0 Å². The molecule has 1 heterocycles. The molecule has 1 atom stereocenters. The Balaban J connectivity index is 2.05. The number of benzene rings is 1. The van der Waals surface area contributed by atoms with Gasteiger partial charge in [0.25, 0.3) is 11.7 Å². The molecule has 1 aromatic carbocycles. The van der Waals surface area contributed by atoms with Gasteiger partial charge < -0.3 is 10.4 Å². The van der Waals surface area contributed by atoms with Crippen molar-refractivity contribution in [1.82, 2.24) is 25.9 Å². The van der Waals surface area contributed by atoms with Crippen LogP contribution < -0.4 is 5.32 Å². The van der Waals surface area contributed by atoms with Gasteiger partial charge in [0.1, 0.15) is 6.04 Å². The third-order valence-electron chi connectivity index (χ3n) is 2.43. The van der Waals surface area contributed by atoms with Gasteiger partial charge >= 0.3 is 5.97 Å². The second kappa shape index (κ2) is 5.71. The molecule has 0 spiro atoms. The first-order valence-corrected chi connectivity index (χ1v) is 5.48. The molecule has 8 nitrogen and oxygen atoms in total. The van der Waals surface area contributed by atoms with E-state index in [1.807, 2.05) is 6.07 Å². The normalized spacial score (nSPS) is 11.8. The molecule has 0 bridgehead atoms. The molecule has 98 valence electrons. The number of H-pyrrole nitrogens is 1. The van der Waals surface area contributed by atoms with E-state index in [9.17, 15) is 9.59 Å². The fraction of sp³-hybridized carbons (Fsp3) is 0.182. The Bertz CT molecular complexity index is 555. The molecular weight excluding hydrogens is 250 g/mol. The van der Waals surface area contributed by atoms with Crippen LogP contribution in [0.2, 0.25) is 0 Å². The number of nitrogens with one attached hydrogen (secondary N) is 2. The summed E-state index contributed by atoms with van der Waals surface area (Å²) in [6, 6.07) is 7.96. The number of aliphatic carboxylic acids is 1. The second-order valence-corrected chi connectivity index (χ2v) is 3.79. The fourth-order valence-electron chi connectivity index (χ4n) is 1.53. The van der Waals surface area contributed by atoms with Crippen molar-refractivity contribution < 1.29 is 14.7 Å². The number of carboxylic acids is 1. The van der Waals surface area contributed by atoms with Crippen LogP contribution in [0.4, 0.5) is 0 Å². The standard InChI is InChI=1S/C11H11N5O3/c17-10(9-13-15-16-14-9)12-8(11(18)19)6-7-4-2-1-3-5-7/h1-5,8H,6H2,(H,12,17)(H,18,19)(H,13,14,15,16)/t8-/m1/s1. The van der Waals surface area contributed by atoms with Crippen LogP contribution in [0.15, 0.2) is 30.3 Å². The number of amides is 1. The molecule has 19 heavy (non-hydrogen) atoms. The maximum atomic E-state index is 11.7. The fourth-order valence-corrected chi connectivity index (χ4v) is 1.53. The molecule has 0 aliphatic heterocycles. The molecule has 0 radical (unpaired) electrons. The molecule has 0 fully saturated rings. The topological polar surface area (TPSA) is 121 Å². The minimum absolute atomic E-state index is 0.180. The zero-order valence-corrected chi connectivity index (χ0v) is 9.78. The lowest BCUT2D eigenvalue weighted by molar-refractivity contribution is -0.139. The van der Waals surface area contributed by atoms with Crippen molar-refractivity contribution in [2.24, 2.45) is 0 Å². The monoisotopic (exact) mass is 261 g/mol. The molecule has 2 aromatic rings. The van der Waals surface area contributed by atoms with Gasteiger partial charge in [-0.1, -0.05) is 30.3 Å². The summed E-state index contributed by atoms with van der Waals surface area (Å²) in [7, 11) is 0. The van der Waals surface area contributed by atoms with Crippen molar-refractivity contribution in [2.45, 2.75) is 12.5 Å². The van der Waals surface area contributed by atoms with Crippen molar-refractivity contribution in [3.8, 4) is 0 Å². The summed E-state index contributed by atoms with van der Waals surface area (Å²) in [5.41, 5.74) is 0.809. The van der Waals surface area contributed by atoms with Gasteiger partial charge in [-0.3, -0.25) is 4.79 Å². The van der Waals surface area contributed by atoms with Gasteiger partial charge in [0.15, 0.2) is 0 Å². The maximum absolute atomic E-state index is 11.7. The Labute approximate surface area is 107 Å². The number of nitrogens with zero attached hydrogens (tertiary/aromatic N) is 3. The minimum Gasteiger partial charge on any atom is -0.480 e. The smallest absolute Gasteiger partial charge is 0.326 e. The molecule has 2 rings (SSSR count). The van der Waals surface area contributed by atoms with Crippen LogP contribution in [0.1, 0.15) is 16.2 Å². The maximum Gasteiger partial charge on any atom is 0.326 e. The molecule has 8 heteroatoms. The summed E-state index contributed by atoms with van der Waals surface area (Å²) in [5, 5.41) is 23.8. The number of aromatic nitrogens is 4. The average Bonchev–Trinajstić information content (AvgIpc) is 2.93. The Morgan fingerprint density at radius 1 is 1.32 bits per heavy atom. The SMILES string of the molecule is O=C(N[C@H](Cc1ccccc1)C(=O)O)c1nn[nH]n1. The number of tetrazole rings is 1. The van der Waals surface area contributed by atoms with Crippen LogP contribution in [0.3, 0.4) is 0 Å². The largest absolute Gasteiger partial charge is 0.480 e. The lowest BCUT2D eigenvalue weighted by atomic mass is 10.1. The Kier molecular flexibility index (Phi) is 3.81. The van der Waals surface area contributed by atoms with E-state index in [2.05, 4.69) is 25.9 Å². The van der Waals surface area contributed by atoms with E-state index in [1.165, 1.54) is 0 Å². The number of carboxylic acid groups (broad SMARTS) is 1. The lowest BCUT2D eigenvalue weighted by Gasteiger charge is -2.13. The molecular formula is C11H11N5O3. The highest BCUT2D eigenvalue weighted by atomic mass is 16.4. The Morgan fingerprint density at radius 3 is 2.63 bits per heavy atom. The zero-order chi connectivity index (χ0) is 13.7. The Hall–Kier alpha value is -2.77. The molecule has 1 amide bonds. The van der Waals surface area contributed by atoms with Gasteiger partial charge in [0.05, 0.1) is 0 Å². The van der Waals surface area contributed by atoms with E-state index < -0.39 is 17.9 Å². The first-order chi connectivity index (χ1) is 9.16. The predicted octanol–water partition coefficient (Wildman–Crippen LogP) is -0.375. The number of carbonyl (C=O) groups is 2. The second-order valence-electron chi connectivity index (χ2n) is 3.79. The van der Waals surface area contributed by atoms with Crippen molar-refractivity contribution >= 4 is 11.9 Å². The van der Waals surface area contributed by atoms with E-state index >= 15 is 0 Å². The zero-order valence-electron chi connectivity index (χ0n) is 9.78.